The second-order valence-corrected chi connectivity index (χ2v) is 8.50. The van der Waals surface area contributed by atoms with E-state index in [1.165, 1.54) is 29.2 Å². The average molecular weight is 369 g/mol. The van der Waals surface area contributed by atoms with Gasteiger partial charge in [0.1, 0.15) is 0 Å². The Balaban J connectivity index is 2.09. The minimum Gasteiger partial charge on any atom is -0.384 e. The number of carbonyl (C=O) groups excluding carboxylic acids is 1. The summed E-state index contributed by atoms with van der Waals surface area (Å²) in [6, 6.07) is 5.99. The quantitative estimate of drug-likeness (QED) is 0.738. The zero-order valence-electron chi connectivity index (χ0n) is 15.0. The summed E-state index contributed by atoms with van der Waals surface area (Å²) in [5, 5.41) is 3.28. The largest absolute Gasteiger partial charge is 0.384 e. The number of sulfonamides is 1. The van der Waals surface area contributed by atoms with Gasteiger partial charge in [-0.2, -0.15) is 0 Å². The highest BCUT2D eigenvalue weighted by molar-refractivity contribution is 7.89. The molecule has 0 saturated carbocycles. The number of nitrogens with one attached hydrogen (secondary N) is 2. The molecule has 0 radical (unpaired) electrons. The summed E-state index contributed by atoms with van der Waals surface area (Å²) in [5.41, 5.74) is 0.270. The van der Waals surface area contributed by atoms with Crippen LogP contribution in [0.25, 0.3) is 0 Å². The molecule has 1 aromatic rings. The lowest BCUT2D eigenvalue weighted by molar-refractivity contribution is 0.0577. The molecule has 2 N–H and O–H groups in total. The van der Waals surface area contributed by atoms with Crippen LogP contribution in [0.5, 0.6) is 0 Å². The minimum atomic E-state index is -3.63. The molecule has 25 heavy (non-hydrogen) atoms. The van der Waals surface area contributed by atoms with Gasteiger partial charge in [-0.1, -0.05) is 0 Å². The Morgan fingerprint density at radius 2 is 1.84 bits per heavy atom. The monoisotopic (exact) mass is 369 g/mol. The Morgan fingerprint density at radius 3 is 2.36 bits per heavy atom. The molecule has 0 aromatic heterocycles. The van der Waals surface area contributed by atoms with Crippen molar-refractivity contribution in [1.29, 1.82) is 0 Å². The molecule has 0 bridgehead atoms. The average Bonchev–Trinajstić information content (AvgIpc) is 2.61. The van der Waals surface area contributed by atoms with Crippen LogP contribution in [0.4, 0.5) is 0 Å². The Hall–Kier alpha value is -1.48. The second-order valence-electron chi connectivity index (χ2n) is 6.73. The summed E-state index contributed by atoms with van der Waals surface area (Å²) >= 11 is 0. The van der Waals surface area contributed by atoms with Crippen molar-refractivity contribution in [2.75, 3.05) is 47.4 Å². The first-order valence-electron chi connectivity index (χ1n) is 8.31. The van der Waals surface area contributed by atoms with Gasteiger partial charge in [-0.3, -0.25) is 4.79 Å². The molecule has 140 valence electrons. The third-order valence-corrected chi connectivity index (χ3v) is 5.99. The van der Waals surface area contributed by atoms with E-state index in [9.17, 15) is 13.2 Å². The normalized spacial score (nSPS) is 17.2. The van der Waals surface area contributed by atoms with Crippen LogP contribution in [0.2, 0.25) is 0 Å². The maximum Gasteiger partial charge on any atom is 0.253 e. The van der Waals surface area contributed by atoms with Crippen LogP contribution in [0, 0.1) is 5.41 Å². The number of hydrogen-bond acceptors (Lipinski definition) is 5. The molecular weight excluding hydrogens is 342 g/mol. The number of benzene rings is 1. The van der Waals surface area contributed by atoms with Crippen LogP contribution < -0.4 is 10.0 Å². The molecule has 1 fully saturated rings. The second kappa shape index (κ2) is 8.27. The molecule has 0 aliphatic carbocycles. The van der Waals surface area contributed by atoms with Gasteiger partial charge >= 0.3 is 0 Å². The first-order valence-corrected chi connectivity index (χ1v) is 9.79. The van der Waals surface area contributed by atoms with E-state index < -0.39 is 10.0 Å². The standard InChI is InChI=1S/C17H27N3O4S/c1-20(2)16(21)14-4-6-15(7-5-14)25(22,23)19-12-17(13-24-3)8-10-18-11-9-17/h4-7,18-19H,8-13H2,1-3H3. The summed E-state index contributed by atoms with van der Waals surface area (Å²) in [6.07, 6.45) is 1.72. The number of rotatable bonds is 7. The van der Waals surface area contributed by atoms with E-state index in [0.29, 0.717) is 18.7 Å². The smallest absolute Gasteiger partial charge is 0.253 e. The van der Waals surface area contributed by atoms with E-state index in [1.54, 1.807) is 21.2 Å². The predicted molar refractivity (Wildman–Crippen MR) is 96.1 cm³/mol. The van der Waals surface area contributed by atoms with Crippen LogP contribution in [0.15, 0.2) is 29.2 Å². The maximum absolute atomic E-state index is 12.6. The van der Waals surface area contributed by atoms with Crippen LogP contribution >= 0.6 is 0 Å². The minimum absolute atomic E-state index is 0.157. The summed E-state index contributed by atoms with van der Waals surface area (Å²) in [5.74, 6) is -0.161. The van der Waals surface area contributed by atoms with Crippen molar-refractivity contribution in [3.63, 3.8) is 0 Å². The molecule has 8 heteroatoms. The van der Waals surface area contributed by atoms with Crippen molar-refractivity contribution in [1.82, 2.24) is 14.9 Å². The molecule has 0 unspecified atom stereocenters. The van der Waals surface area contributed by atoms with Crippen molar-refractivity contribution in [3.8, 4) is 0 Å². The summed E-state index contributed by atoms with van der Waals surface area (Å²) in [7, 11) is 1.32. The van der Waals surface area contributed by atoms with E-state index in [1.807, 2.05) is 0 Å². The summed E-state index contributed by atoms with van der Waals surface area (Å²) in [6.45, 7) is 2.57. The van der Waals surface area contributed by atoms with Gasteiger partial charge in [0.05, 0.1) is 11.5 Å². The number of piperidine rings is 1. The topological polar surface area (TPSA) is 87.7 Å². The molecule has 1 saturated heterocycles. The fraction of sp³-hybridized carbons (Fsp3) is 0.588. The van der Waals surface area contributed by atoms with Gasteiger partial charge in [0.2, 0.25) is 10.0 Å². The highest BCUT2D eigenvalue weighted by Gasteiger charge is 2.33. The van der Waals surface area contributed by atoms with Crippen LogP contribution in [0.1, 0.15) is 23.2 Å². The van der Waals surface area contributed by atoms with Crippen LogP contribution in [0.3, 0.4) is 0 Å². The lowest BCUT2D eigenvalue weighted by atomic mass is 9.80. The van der Waals surface area contributed by atoms with Crippen molar-refractivity contribution in [3.05, 3.63) is 29.8 Å². The predicted octanol–water partition coefficient (Wildman–Crippen LogP) is 0.683. The zero-order chi connectivity index (χ0) is 18.5. The molecule has 1 aliphatic heterocycles. The molecule has 0 spiro atoms. The molecule has 1 aromatic carbocycles. The molecule has 7 nitrogen and oxygen atoms in total. The Bertz CT molecular complexity index is 675. The lowest BCUT2D eigenvalue weighted by Crippen LogP contribution is -2.47. The third kappa shape index (κ3) is 5.01. The summed E-state index contributed by atoms with van der Waals surface area (Å²) in [4.78, 5) is 13.5. The van der Waals surface area contributed by atoms with Crippen molar-refractivity contribution >= 4 is 15.9 Å². The Morgan fingerprint density at radius 1 is 1.24 bits per heavy atom. The van der Waals surface area contributed by atoms with Gasteiger partial charge in [0, 0.05) is 38.7 Å². The van der Waals surface area contributed by atoms with Crippen molar-refractivity contribution in [2.45, 2.75) is 17.7 Å². The van der Waals surface area contributed by atoms with E-state index in [-0.39, 0.29) is 16.2 Å². The lowest BCUT2D eigenvalue weighted by Gasteiger charge is -2.37. The molecule has 2 rings (SSSR count). The van der Waals surface area contributed by atoms with Gasteiger partial charge in [-0.05, 0) is 50.2 Å². The molecule has 1 heterocycles. The van der Waals surface area contributed by atoms with Crippen molar-refractivity contribution in [2.24, 2.45) is 5.41 Å². The molecular formula is C17H27N3O4S. The van der Waals surface area contributed by atoms with Crippen LogP contribution in [-0.2, 0) is 14.8 Å². The number of carbonyl (C=O) groups is 1. The number of methoxy groups -OCH3 is 1. The SMILES string of the molecule is COCC1(CNS(=O)(=O)c2ccc(C(=O)N(C)C)cc2)CCNCC1. The first-order chi connectivity index (χ1) is 11.8. The highest BCUT2D eigenvalue weighted by Crippen LogP contribution is 2.28. The fourth-order valence-corrected chi connectivity index (χ4v) is 4.16. The molecule has 1 amide bonds. The number of amides is 1. The zero-order valence-corrected chi connectivity index (χ0v) is 15.9. The van der Waals surface area contributed by atoms with Gasteiger partial charge in [-0.25, -0.2) is 13.1 Å². The first kappa shape index (κ1) is 19.8. The van der Waals surface area contributed by atoms with E-state index in [2.05, 4.69) is 10.0 Å². The van der Waals surface area contributed by atoms with Gasteiger partial charge < -0.3 is 15.0 Å². The Kier molecular flexibility index (Phi) is 6.56. The van der Waals surface area contributed by atoms with E-state index >= 15 is 0 Å². The molecule has 0 atom stereocenters. The van der Waals surface area contributed by atoms with Crippen molar-refractivity contribution < 1.29 is 17.9 Å². The third-order valence-electron chi connectivity index (χ3n) is 4.57. The van der Waals surface area contributed by atoms with E-state index in [4.69, 9.17) is 4.74 Å². The number of nitrogens with zero attached hydrogens (tertiary/aromatic N) is 1. The fourth-order valence-electron chi connectivity index (χ4n) is 3.00. The number of hydrogen-bond donors (Lipinski definition) is 2. The van der Waals surface area contributed by atoms with Crippen LogP contribution in [-0.4, -0.2) is 66.7 Å². The van der Waals surface area contributed by atoms with E-state index in [0.717, 1.165) is 25.9 Å². The van der Waals surface area contributed by atoms with Gasteiger partial charge in [0.15, 0.2) is 0 Å². The Labute approximate surface area is 149 Å². The summed E-state index contributed by atoms with van der Waals surface area (Å²) < 4.78 is 33.2. The van der Waals surface area contributed by atoms with Gasteiger partial charge in [0.25, 0.3) is 5.91 Å². The number of ether oxygens (including phenoxy) is 1. The van der Waals surface area contributed by atoms with Gasteiger partial charge in [-0.15, -0.1) is 0 Å². The maximum atomic E-state index is 12.6. The highest BCUT2D eigenvalue weighted by atomic mass is 32.2. The molecule has 1 aliphatic rings.